The summed E-state index contributed by atoms with van der Waals surface area (Å²) in [6, 6.07) is 19.3. The van der Waals surface area contributed by atoms with Crippen LogP contribution in [0.5, 0.6) is 23.0 Å². The minimum absolute atomic E-state index is 0.0487. The number of rotatable bonds is 8. The molecule has 0 N–H and O–H groups in total. The summed E-state index contributed by atoms with van der Waals surface area (Å²) < 4.78 is 22.3. The van der Waals surface area contributed by atoms with Gasteiger partial charge in [-0.2, -0.15) is 0 Å². The van der Waals surface area contributed by atoms with Crippen molar-refractivity contribution >= 4 is 17.5 Å². The normalized spacial score (nSPS) is 18.5. The quantitative estimate of drug-likeness (QED) is 0.399. The highest BCUT2D eigenvalue weighted by molar-refractivity contribution is 5.95. The molecule has 2 saturated heterocycles. The molecule has 0 aliphatic carbocycles. The molecule has 0 spiro atoms. The number of piperazine rings is 1. The Morgan fingerprint density at radius 3 is 1.93 bits per heavy atom. The van der Waals surface area contributed by atoms with E-state index in [0.717, 1.165) is 22.6 Å². The number of anilines is 1. The van der Waals surface area contributed by atoms with E-state index in [-0.39, 0.29) is 17.7 Å². The molecule has 3 aromatic carbocycles. The van der Waals surface area contributed by atoms with E-state index in [1.54, 1.807) is 33.3 Å². The zero-order valence-corrected chi connectivity index (χ0v) is 25.0. The maximum Gasteiger partial charge on any atom is 0.253 e. The topological polar surface area (TPSA) is 80.8 Å². The zero-order valence-electron chi connectivity index (χ0n) is 25.0. The molecule has 9 heteroatoms. The highest BCUT2D eigenvalue weighted by atomic mass is 16.5. The Hall–Kier alpha value is -4.40. The van der Waals surface area contributed by atoms with Crippen molar-refractivity contribution in [1.82, 2.24) is 9.80 Å². The van der Waals surface area contributed by atoms with Crippen LogP contribution in [0.15, 0.2) is 60.7 Å². The minimum atomic E-state index is -0.417. The lowest BCUT2D eigenvalue weighted by Gasteiger charge is -2.38. The average molecular weight is 574 g/mol. The summed E-state index contributed by atoms with van der Waals surface area (Å²) >= 11 is 0. The Labute approximate surface area is 247 Å². The van der Waals surface area contributed by atoms with E-state index < -0.39 is 5.92 Å². The van der Waals surface area contributed by atoms with Gasteiger partial charge in [0, 0.05) is 50.7 Å². The van der Waals surface area contributed by atoms with Crippen LogP contribution < -0.4 is 23.8 Å². The van der Waals surface area contributed by atoms with Crippen LogP contribution in [-0.4, -0.2) is 89.3 Å². The van der Waals surface area contributed by atoms with Crippen molar-refractivity contribution in [3.05, 3.63) is 77.4 Å². The van der Waals surface area contributed by atoms with E-state index in [1.807, 2.05) is 72.5 Å². The Bertz CT molecular complexity index is 1390. The average Bonchev–Trinajstić information content (AvgIpc) is 3.49. The Morgan fingerprint density at radius 2 is 1.33 bits per heavy atom. The molecule has 0 aromatic heterocycles. The molecule has 5 rings (SSSR count). The molecule has 2 amide bonds. The third-order valence-corrected chi connectivity index (χ3v) is 8.36. The number of nitrogens with zero attached hydrogens (tertiary/aromatic N) is 3. The third kappa shape index (κ3) is 5.68. The molecule has 3 aromatic rings. The van der Waals surface area contributed by atoms with Gasteiger partial charge in [0.1, 0.15) is 5.75 Å². The summed E-state index contributed by atoms with van der Waals surface area (Å²) in [6.07, 6.45) is 0. The summed E-state index contributed by atoms with van der Waals surface area (Å²) in [5, 5.41) is 0. The summed E-state index contributed by atoms with van der Waals surface area (Å²) in [7, 11) is 6.39. The molecule has 9 nitrogen and oxygen atoms in total. The van der Waals surface area contributed by atoms with Crippen LogP contribution in [0.4, 0.5) is 5.69 Å². The van der Waals surface area contributed by atoms with Gasteiger partial charge in [0.2, 0.25) is 11.7 Å². The van der Waals surface area contributed by atoms with Crippen molar-refractivity contribution < 1.29 is 28.5 Å². The van der Waals surface area contributed by atoms with Gasteiger partial charge in [-0.15, -0.1) is 0 Å². The molecule has 0 radical (unpaired) electrons. The molecule has 0 unspecified atom stereocenters. The standard InChI is InChI=1S/C33H39N3O6/c1-22-10-12-23(13-11-22)32(37)36-20-25(24-18-29(40-3)31(42-5)30(19-24)41-4)26(21-36)33(38)35-16-14-34(15-17-35)27-8-6-7-9-28(27)39-2/h6-13,18-19,25-26H,14-17,20-21H2,1-5H3/t25-,26-/m0/s1. The maximum absolute atomic E-state index is 14.2. The van der Waals surface area contributed by atoms with Crippen LogP contribution in [-0.2, 0) is 4.79 Å². The van der Waals surface area contributed by atoms with Gasteiger partial charge in [0.05, 0.1) is 40.0 Å². The summed E-state index contributed by atoms with van der Waals surface area (Å²) in [6.45, 7) is 5.29. The van der Waals surface area contributed by atoms with E-state index >= 15 is 0 Å². The molecule has 0 bridgehead atoms. The number of hydrogen-bond donors (Lipinski definition) is 0. The smallest absolute Gasteiger partial charge is 0.253 e. The van der Waals surface area contributed by atoms with Crippen molar-refractivity contribution in [1.29, 1.82) is 0 Å². The molecule has 2 aliphatic rings. The zero-order chi connectivity index (χ0) is 29.8. The van der Waals surface area contributed by atoms with Gasteiger partial charge in [-0.1, -0.05) is 29.8 Å². The number of benzene rings is 3. The summed E-state index contributed by atoms with van der Waals surface area (Å²) in [5.74, 6) is 1.66. The second-order valence-electron chi connectivity index (χ2n) is 10.7. The van der Waals surface area contributed by atoms with Crippen LogP contribution in [0.1, 0.15) is 27.4 Å². The number of carbonyl (C=O) groups excluding carboxylic acids is 2. The number of amides is 2. The first-order valence-electron chi connectivity index (χ1n) is 14.2. The van der Waals surface area contributed by atoms with Crippen LogP contribution >= 0.6 is 0 Å². The first-order valence-corrected chi connectivity index (χ1v) is 14.2. The third-order valence-electron chi connectivity index (χ3n) is 8.36. The van der Waals surface area contributed by atoms with Gasteiger partial charge in [-0.25, -0.2) is 0 Å². The highest BCUT2D eigenvalue weighted by Gasteiger charge is 2.43. The molecule has 0 saturated carbocycles. The molecule has 2 atom stereocenters. The number of para-hydroxylation sites is 2. The number of hydrogen-bond acceptors (Lipinski definition) is 7. The second-order valence-corrected chi connectivity index (χ2v) is 10.7. The summed E-state index contributed by atoms with van der Waals surface area (Å²) in [5.41, 5.74) is 3.60. The van der Waals surface area contributed by atoms with E-state index in [9.17, 15) is 9.59 Å². The Morgan fingerprint density at radius 1 is 0.714 bits per heavy atom. The molecule has 222 valence electrons. The molecule has 42 heavy (non-hydrogen) atoms. The maximum atomic E-state index is 14.2. The van der Waals surface area contributed by atoms with Crippen LogP contribution in [0.25, 0.3) is 0 Å². The molecule has 2 heterocycles. The van der Waals surface area contributed by atoms with Gasteiger partial charge in [0.15, 0.2) is 11.5 Å². The molecular weight excluding hydrogens is 534 g/mol. The van der Waals surface area contributed by atoms with E-state index in [4.69, 9.17) is 18.9 Å². The van der Waals surface area contributed by atoms with Gasteiger partial charge in [0.25, 0.3) is 5.91 Å². The fourth-order valence-electron chi connectivity index (χ4n) is 6.05. The van der Waals surface area contributed by atoms with E-state index in [1.165, 1.54) is 0 Å². The number of ether oxygens (including phenoxy) is 4. The highest BCUT2D eigenvalue weighted by Crippen LogP contribution is 2.44. The lowest BCUT2D eigenvalue weighted by atomic mass is 9.87. The van der Waals surface area contributed by atoms with Crippen molar-refractivity contribution in [3.63, 3.8) is 0 Å². The first kappa shape index (κ1) is 29.1. The predicted molar refractivity (Wildman–Crippen MR) is 161 cm³/mol. The van der Waals surface area contributed by atoms with Crippen molar-refractivity contribution in [3.8, 4) is 23.0 Å². The SMILES string of the molecule is COc1ccccc1N1CCN(C(=O)[C@H]2CN(C(=O)c3ccc(C)cc3)C[C@H]2c2cc(OC)c(OC)c(OC)c2)CC1. The van der Waals surface area contributed by atoms with Crippen LogP contribution in [0.2, 0.25) is 0 Å². The lowest BCUT2D eigenvalue weighted by Crippen LogP contribution is -2.51. The number of likely N-dealkylation sites (tertiary alicyclic amines) is 1. The van der Waals surface area contributed by atoms with Gasteiger partial charge >= 0.3 is 0 Å². The molecular formula is C33H39N3O6. The fraction of sp³-hybridized carbons (Fsp3) is 0.394. The monoisotopic (exact) mass is 573 g/mol. The first-order chi connectivity index (χ1) is 20.4. The number of aryl methyl sites for hydroxylation is 1. The van der Waals surface area contributed by atoms with Crippen LogP contribution in [0, 0.1) is 12.8 Å². The van der Waals surface area contributed by atoms with E-state index in [2.05, 4.69) is 4.90 Å². The van der Waals surface area contributed by atoms with E-state index in [0.29, 0.717) is 62.1 Å². The molecule has 2 aliphatic heterocycles. The van der Waals surface area contributed by atoms with Crippen molar-refractivity contribution in [2.75, 3.05) is 72.6 Å². The van der Waals surface area contributed by atoms with Gasteiger partial charge in [-0.05, 0) is 48.9 Å². The Balaban J connectivity index is 1.42. The van der Waals surface area contributed by atoms with Gasteiger partial charge in [-0.3, -0.25) is 9.59 Å². The predicted octanol–water partition coefficient (Wildman–Crippen LogP) is 4.23. The number of carbonyl (C=O) groups is 2. The fourth-order valence-corrected chi connectivity index (χ4v) is 6.05. The van der Waals surface area contributed by atoms with Crippen molar-refractivity contribution in [2.24, 2.45) is 5.92 Å². The molecule has 2 fully saturated rings. The largest absolute Gasteiger partial charge is 0.495 e. The lowest BCUT2D eigenvalue weighted by molar-refractivity contribution is -0.135. The van der Waals surface area contributed by atoms with Crippen LogP contribution in [0.3, 0.4) is 0 Å². The van der Waals surface area contributed by atoms with Crippen molar-refractivity contribution in [2.45, 2.75) is 12.8 Å². The summed E-state index contributed by atoms with van der Waals surface area (Å²) in [4.78, 5) is 33.8. The minimum Gasteiger partial charge on any atom is -0.495 e. The van der Waals surface area contributed by atoms with Gasteiger partial charge < -0.3 is 33.6 Å². The second kappa shape index (κ2) is 12.6. The number of methoxy groups -OCH3 is 4. The Kier molecular flexibility index (Phi) is 8.75.